The predicted molar refractivity (Wildman–Crippen MR) is 110 cm³/mol. The fourth-order valence-electron chi connectivity index (χ4n) is 3.54. The maximum atomic E-state index is 12.9. The highest BCUT2D eigenvalue weighted by Gasteiger charge is 2.27. The Morgan fingerprint density at radius 1 is 1.14 bits per heavy atom. The zero-order valence-corrected chi connectivity index (χ0v) is 17.6. The van der Waals surface area contributed by atoms with Crippen molar-refractivity contribution in [3.05, 3.63) is 39.8 Å². The number of anilines is 1. The van der Waals surface area contributed by atoms with Gasteiger partial charge in [0.1, 0.15) is 17.4 Å². The van der Waals surface area contributed by atoms with Crippen molar-refractivity contribution < 1.29 is 9.90 Å². The van der Waals surface area contributed by atoms with Gasteiger partial charge in [-0.1, -0.05) is 0 Å². The highest BCUT2D eigenvalue weighted by atomic mass is 79.9. The largest absolute Gasteiger partial charge is 0.506 e. The molecule has 1 saturated heterocycles. The van der Waals surface area contributed by atoms with E-state index < -0.39 is 0 Å². The number of aromatic hydroxyl groups is 1. The van der Waals surface area contributed by atoms with Crippen molar-refractivity contribution in [2.75, 3.05) is 31.1 Å². The molecule has 0 spiro atoms. The summed E-state index contributed by atoms with van der Waals surface area (Å²) in [5.74, 6) is 1.37. The van der Waals surface area contributed by atoms with Gasteiger partial charge < -0.3 is 14.9 Å². The molecule has 0 unspecified atom stereocenters. The molecule has 0 saturated carbocycles. The summed E-state index contributed by atoms with van der Waals surface area (Å²) >= 11 is 3.31. The summed E-state index contributed by atoms with van der Waals surface area (Å²) in [6, 6.07) is 3.52. The van der Waals surface area contributed by atoms with E-state index in [4.69, 9.17) is 0 Å². The van der Waals surface area contributed by atoms with Crippen molar-refractivity contribution in [1.29, 1.82) is 0 Å². The van der Waals surface area contributed by atoms with Crippen LogP contribution < -0.4 is 4.90 Å². The van der Waals surface area contributed by atoms with Crippen molar-refractivity contribution in [2.45, 2.75) is 13.8 Å². The van der Waals surface area contributed by atoms with E-state index in [0.29, 0.717) is 42.0 Å². The van der Waals surface area contributed by atoms with Crippen LogP contribution in [0.3, 0.4) is 0 Å². The molecule has 146 valence electrons. The Morgan fingerprint density at radius 3 is 2.57 bits per heavy atom. The van der Waals surface area contributed by atoms with E-state index in [2.05, 4.69) is 35.9 Å². The van der Waals surface area contributed by atoms with Crippen molar-refractivity contribution in [3.8, 4) is 5.75 Å². The number of carbonyl (C=O) groups is 1. The van der Waals surface area contributed by atoms with Crippen LogP contribution in [0.25, 0.3) is 11.0 Å². The van der Waals surface area contributed by atoms with Gasteiger partial charge in [-0.2, -0.15) is 5.10 Å². The summed E-state index contributed by atoms with van der Waals surface area (Å²) in [6.07, 6.45) is 1.78. The summed E-state index contributed by atoms with van der Waals surface area (Å²) < 4.78 is 2.27. The van der Waals surface area contributed by atoms with Gasteiger partial charge >= 0.3 is 0 Å². The van der Waals surface area contributed by atoms with Gasteiger partial charge in [0.15, 0.2) is 5.65 Å². The number of halogens is 1. The molecule has 0 radical (unpaired) electrons. The molecule has 0 bridgehead atoms. The summed E-state index contributed by atoms with van der Waals surface area (Å²) in [5.41, 5.74) is 2.05. The molecule has 1 aromatic carbocycles. The molecule has 2 aromatic heterocycles. The lowest BCUT2D eigenvalue weighted by Crippen LogP contribution is -2.49. The Bertz CT molecular complexity index is 1070. The van der Waals surface area contributed by atoms with E-state index in [1.165, 1.54) is 0 Å². The van der Waals surface area contributed by atoms with Crippen LogP contribution in [0, 0.1) is 13.8 Å². The molecule has 1 aliphatic rings. The highest BCUT2D eigenvalue weighted by Crippen LogP contribution is 2.31. The first-order valence-corrected chi connectivity index (χ1v) is 9.84. The molecule has 3 heterocycles. The number of fused-ring (bicyclic) bond motifs is 1. The van der Waals surface area contributed by atoms with Gasteiger partial charge in [-0.25, -0.2) is 9.97 Å². The van der Waals surface area contributed by atoms with Crippen LogP contribution in [0.4, 0.5) is 5.82 Å². The average molecular weight is 445 g/mol. The monoisotopic (exact) mass is 444 g/mol. The number of carbonyl (C=O) groups excluding carboxylic acids is 1. The molecule has 28 heavy (non-hydrogen) atoms. The van der Waals surface area contributed by atoms with E-state index in [-0.39, 0.29) is 11.7 Å². The summed E-state index contributed by atoms with van der Waals surface area (Å²) in [6.45, 7) is 6.17. The number of rotatable bonds is 2. The SMILES string of the molecule is Cc1cc(Br)c(O)c(C(=O)N2CCN(c3nc(C)nc4c3cnn4C)CC2)c1. The van der Waals surface area contributed by atoms with Gasteiger partial charge in [0.25, 0.3) is 5.91 Å². The summed E-state index contributed by atoms with van der Waals surface area (Å²) in [5, 5.41) is 15.5. The van der Waals surface area contributed by atoms with E-state index in [1.54, 1.807) is 27.9 Å². The third-order valence-corrected chi connectivity index (χ3v) is 5.59. The molecular formula is C19H21BrN6O2. The smallest absolute Gasteiger partial charge is 0.257 e. The van der Waals surface area contributed by atoms with E-state index in [9.17, 15) is 9.90 Å². The minimum atomic E-state index is -0.160. The molecule has 1 fully saturated rings. The third-order valence-electron chi connectivity index (χ3n) is 4.99. The first kappa shape index (κ1) is 18.7. The highest BCUT2D eigenvalue weighted by molar-refractivity contribution is 9.10. The van der Waals surface area contributed by atoms with E-state index in [0.717, 1.165) is 22.4 Å². The van der Waals surface area contributed by atoms with Crippen LogP contribution in [0.5, 0.6) is 5.75 Å². The normalized spacial score (nSPS) is 14.7. The summed E-state index contributed by atoms with van der Waals surface area (Å²) in [7, 11) is 1.86. The lowest BCUT2D eigenvalue weighted by atomic mass is 10.1. The second-order valence-electron chi connectivity index (χ2n) is 7.02. The molecule has 0 atom stereocenters. The molecule has 1 N–H and O–H groups in total. The molecule has 8 nitrogen and oxygen atoms in total. The lowest BCUT2D eigenvalue weighted by Gasteiger charge is -2.35. The number of phenolic OH excluding ortho intramolecular Hbond substituents is 1. The maximum Gasteiger partial charge on any atom is 0.257 e. The molecular weight excluding hydrogens is 424 g/mol. The van der Waals surface area contributed by atoms with Crippen molar-refractivity contribution >= 4 is 38.7 Å². The van der Waals surface area contributed by atoms with Crippen molar-refractivity contribution in [3.63, 3.8) is 0 Å². The fraction of sp³-hybridized carbons (Fsp3) is 0.368. The minimum absolute atomic E-state index is 0.0125. The van der Waals surface area contributed by atoms with Crippen LogP contribution in [0.1, 0.15) is 21.7 Å². The maximum absolute atomic E-state index is 12.9. The molecule has 9 heteroatoms. The van der Waals surface area contributed by atoms with Gasteiger partial charge in [-0.15, -0.1) is 0 Å². The zero-order chi connectivity index (χ0) is 20.0. The summed E-state index contributed by atoms with van der Waals surface area (Å²) in [4.78, 5) is 25.9. The number of aromatic nitrogens is 4. The Balaban J connectivity index is 1.55. The van der Waals surface area contributed by atoms with Gasteiger partial charge in [0.2, 0.25) is 0 Å². The van der Waals surface area contributed by atoms with Gasteiger partial charge in [-0.05, 0) is 47.5 Å². The van der Waals surface area contributed by atoms with Crippen LogP contribution in [-0.2, 0) is 7.05 Å². The molecule has 4 rings (SSSR count). The average Bonchev–Trinajstić information content (AvgIpc) is 3.04. The number of phenols is 1. The minimum Gasteiger partial charge on any atom is -0.506 e. The molecule has 3 aromatic rings. The number of benzene rings is 1. The third kappa shape index (κ3) is 3.19. The first-order chi connectivity index (χ1) is 13.3. The molecule has 1 aliphatic heterocycles. The Labute approximate surface area is 170 Å². The van der Waals surface area contributed by atoms with Crippen LogP contribution in [-0.4, -0.2) is 61.8 Å². The number of amides is 1. The number of hydrogen-bond acceptors (Lipinski definition) is 6. The Hall–Kier alpha value is -2.68. The molecule has 0 aliphatic carbocycles. The van der Waals surface area contributed by atoms with Crippen LogP contribution in [0.15, 0.2) is 22.8 Å². The van der Waals surface area contributed by atoms with Crippen LogP contribution >= 0.6 is 15.9 Å². The second-order valence-corrected chi connectivity index (χ2v) is 7.88. The molecule has 1 amide bonds. The number of piperazine rings is 1. The van der Waals surface area contributed by atoms with Crippen LogP contribution in [0.2, 0.25) is 0 Å². The second kappa shape index (κ2) is 7.05. The van der Waals surface area contributed by atoms with Gasteiger partial charge in [0, 0.05) is 33.2 Å². The standard InChI is InChI=1S/C19H21BrN6O2/c1-11-8-13(16(27)15(20)9-11)19(28)26-6-4-25(5-7-26)18-14-10-21-24(3)17(14)22-12(2)23-18/h8-10,27H,4-7H2,1-3H3. The lowest BCUT2D eigenvalue weighted by molar-refractivity contribution is 0.0743. The quantitative estimate of drug-likeness (QED) is 0.652. The predicted octanol–water partition coefficient (Wildman–Crippen LogP) is 2.41. The fourth-order valence-corrected chi connectivity index (χ4v) is 4.12. The van der Waals surface area contributed by atoms with E-state index in [1.807, 2.05) is 20.9 Å². The van der Waals surface area contributed by atoms with Gasteiger partial charge in [-0.3, -0.25) is 9.48 Å². The first-order valence-electron chi connectivity index (χ1n) is 9.05. The topological polar surface area (TPSA) is 87.4 Å². The van der Waals surface area contributed by atoms with Crippen molar-refractivity contribution in [1.82, 2.24) is 24.6 Å². The number of hydrogen-bond donors (Lipinski definition) is 1. The Kier molecular flexibility index (Phi) is 4.70. The Morgan fingerprint density at radius 2 is 1.86 bits per heavy atom. The zero-order valence-electron chi connectivity index (χ0n) is 16.0. The van der Waals surface area contributed by atoms with Crippen molar-refractivity contribution in [2.24, 2.45) is 7.05 Å². The number of nitrogens with zero attached hydrogens (tertiary/aromatic N) is 6. The van der Waals surface area contributed by atoms with Gasteiger partial charge in [0.05, 0.1) is 21.6 Å². The van der Waals surface area contributed by atoms with E-state index >= 15 is 0 Å². The number of aryl methyl sites for hydroxylation is 3.